The predicted octanol–water partition coefficient (Wildman–Crippen LogP) is 2.02. The number of aliphatic hydroxyl groups excluding tert-OH is 4. The van der Waals surface area contributed by atoms with Gasteiger partial charge >= 0.3 is 0 Å². The van der Waals surface area contributed by atoms with Crippen LogP contribution in [0.25, 0.3) is 0 Å². The van der Waals surface area contributed by atoms with E-state index in [1.165, 1.54) is 0 Å². The van der Waals surface area contributed by atoms with Crippen LogP contribution in [0.1, 0.15) is 42.2 Å². The van der Waals surface area contributed by atoms with Crippen molar-refractivity contribution in [2.24, 2.45) is 0 Å². The third-order valence-corrected chi connectivity index (χ3v) is 4.83. The summed E-state index contributed by atoms with van der Waals surface area (Å²) in [7, 11) is 1.85. The van der Waals surface area contributed by atoms with Gasteiger partial charge in [-0.15, -0.1) is 0 Å². The van der Waals surface area contributed by atoms with E-state index in [-0.39, 0.29) is 19.1 Å². The molecule has 0 saturated carbocycles. The molecule has 0 bridgehead atoms. The number of benzene rings is 2. The molecule has 5 heteroatoms. The van der Waals surface area contributed by atoms with Crippen molar-refractivity contribution in [3.05, 3.63) is 71.3 Å². The molecule has 2 aromatic rings. The molecule has 0 unspecified atom stereocenters. The van der Waals surface area contributed by atoms with Crippen LogP contribution in [-0.2, 0) is 6.61 Å². The second kappa shape index (κ2) is 9.80. The van der Waals surface area contributed by atoms with E-state index < -0.39 is 18.3 Å². The van der Waals surface area contributed by atoms with E-state index in [0.29, 0.717) is 12.1 Å². The lowest BCUT2D eigenvalue weighted by Gasteiger charge is -2.31. The zero-order valence-corrected chi connectivity index (χ0v) is 15.4. The van der Waals surface area contributed by atoms with Gasteiger partial charge in [0.25, 0.3) is 0 Å². The summed E-state index contributed by atoms with van der Waals surface area (Å²) < 4.78 is 0. The van der Waals surface area contributed by atoms with Crippen LogP contribution in [0.2, 0.25) is 0 Å². The first kappa shape index (κ1) is 20.6. The highest BCUT2D eigenvalue weighted by atomic mass is 16.3. The molecular formula is C21H29NO4. The largest absolute Gasteiger partial charge is 0.392 e. The van der Waals surface area contributed by atoms with Crippen molar-refractivity contribution in [2.45, 2.75) is 44.3 Å². The van der Waals surface area contributed by atoms with Crippen LogP contribution in [0, 0.1) is 0 Å². The average Bonchev–Trinajstić information content (AvgIpc) is 2.67. The molecule has 2 aromatic carbocycles. The van der Waals surface area contributed by atoms with Gasteiger partial charge in [-0.2, -0.15) is 0 Å². The monoisotopic (exact) mass is 359 g/mol. The van der Waals surface area contributed by atoms with Gasteiger partial charge in [-0.1, -0.05) is 54.6 Å². The summed E-state index contributed by atoms with van der Waals surface area (Å²) >= 11 is 0. The van der Waals surface area contributed by atoms with Crippen LogP contribution in [0.3, 0.4) is 0 Å². The van der Waals surface area contributed by atoms with Gasteiger partial charge in [-0.25, -0.2) is 0 Å². The maximum absolute atomic E-state index is 10.5. The van der Waals surface area contributed by atoms with E-state index in [1.54, 1.807) is 24.3 Å². The molecule has 26 heavy (non-hydrogen) atoms. The zero-order chi connectivity index (χ0) is 19.1. The van der Waals surface area contributed by atoms with Crippen LogP contribution in [0.15, 0.2) is 54.6 Å². The molecule has 0 aliphatic heterocycles. The molecule has 0 aromatic heterocycles. The maximum atomic E-state index is 10.5. The highest BCUT2D eigenvalue weighted by Crippen LogP contribution is 2.22. The molecule has 0 saturated heterocycles. The first-order valence-corrected chi connectivity index (χ1v) is 8.91. The van der Waals surface area contributed by atoms with Crippen molar-refractivity contribution < 1.29 is 20.4 Å². The number of aliphatic hydroxyl groups is 4. The summed E-state index contributed by atoms with van der Waals surface area (Å²) in [4.78, 5) is 1.89. The first-order valence-electron chi connectivity index (χ1n) is 8.91. The van der Waals surface area contributed by atoms with Crippen molar-refractivity contribution >= 4 is 0 Å². The van der Waals surface area contributed by atoms with Gasteiger partial charge in [0.15, 0.2) is 0 Å². The minimum Gasteiger partial charge on any atom is -0.392 e. The predicted molar refractivity (Wildman–Crippen MR) is 101 cm³/mol. The van der Waals surface area contributed by atoms with Gasteiger partial charge in [0.2, 0.25) is 0 Å². The zero-order valence-electron chi connectivity index (χ0n) is 15.4. The van der Waals surface area contributed by atoms with Crippen LogP contribution in [0.4, 0.5) is 0 Å². The highest BCUT2D eigenvalue weighted by Gasteiger charge is 2.23. The molecule has 0 aliphatic rings. The van der Waals surface area contributed by atoms with Gasteiger partial charge in [-0.05, 0) is 30.7 Å². The van der Waals surface area contributed by atoms with Crippen molar-refractivity contribution in [3.8, 4) is 0 Å². The lowest BCUT2D eigenvalue weighted by atomic mass is 10.00. The fourth-order valence-corrected chi connectivity index (χ4v) is 2.98. The van der Waals surface area contributed by atoms with Crippen LogP contribution in [0.5, 0.6) is 0 Å². The molecule has 2 rings (SSSR count). The van der Waals surface area contributed by atoms with Crippen LogP contribution in [-0.4, -0.2) is 51.1 Å². The van der Waals surface area contributed by atoms with Crippen LogP contribution >= 0.6 is 0 Å². The van der Waals surface area contributed by atoms with Gasteiger partial charge in [0.1, 0.15) is 0 Å². The summed E-state index contributed by atoms with van der Waals surface area (Å²) in [6.07, 6.45) is -1.94. The fourth-order valence-electron chi connectivity index (χ4n) is 2.98. The lowest BCUT2D eigenvalue weighted by molar-refractivity contribution is 0.0215. The van der Waals surface area contributed by atoms with E-state index in [2.05, 4.69) is 0 Å². The van der Waals surface area contributed by atoms with Gasteiger partial charge in [0, 0.05) is 19.0 Å². The third kappa shape index (κ3) is 5.62. The summed E-state index contributed by atoms with van der Waals surface area (Å²) in [6, 6.07) is 16.3. The maximum Gasteiger partial charge on any atom is 0.0942 e. The lowest BCUT2D eigenvalue weighted by Crippen LogP contribution is -2.39. The third-order valence-electron chi connectivity index (χ3n) is 4.83. The van der Waals surface area contributed by atoms with Crippen molar-refractivity contribution in [3.63, 3.8) is 0 Å². The summed E-state index contributed by atoms with van der Waals surface area (Å²) in [6.45, 7) is 2.22. The molecule has 4 N–H and O–H groups in total. The Bertz CT molecular complexity index is 647. The van der Waals surface area contributed by atoms with E-state index in [0.717, 1.165) is 11.1 Å². The molecule has 0 spiro atoms. The summed E-state index contributed by atoms with van der Waals surface area (Å²) in [5, 5.41) is 40.2. The molecular weight excluding hydrogens is 330 g/mol. The Balaban J connectivity index is 1.88. The number of hydrogen-bond acceptors (Lipinski definition) is 5. The van der Waals surface area contributed by atoms with Gasteiger partial charge in [0.05, 0.1) is 24.9 Å². The molecule has 5 nitrogen and oxygen atoms in total. The molecule has 0 fully saturated rings. The molecule has 0 radical (unpaired) electrons. The number of likely N-dealkylation sites (N-methyl/N-ethyl adjacent to an activating group) is 1. The number of rotatable bonds is 9. The second-order valence-electron chi connectivity index (χ2n) is 6.84. The van der Waals surface area contributed by atoms with E-state index in [4.69, 9.17) is 5.11 Å². The molecule has 0 aliphatic carbocycles. The fraction of sp³-hybridized carbons (Fsp3) is 0.429. The van der Waals surface area contributed by atoms with E-state index in [1.807, 2.05) is 49.2 Å². The highest BCUT2D eigenvalue weighted by molar-refractivity contribution is 5.23. The Morgan fingerprint density at radius 2 is 1.50 bits per heavy atom. The molecule has 0 heterocycles. The van der Waals surface area contributed by atoms with E-state index in [9.17, 15) is 15.3 Å². The second-order valence-corrected chi connectivity index (χ2v) is 6.84. The van der Waals surface area contributed by atoms with Crippen molar-refractivity contribution in [1.82, 2.24) is 4.90 Å². The Morgan fingerprint density at radius 1 is 0.885 bits per heavy atom. The molecule has 4 atom stereocenters. The number of nitrogens with zero attached hydrogens (tertiary/aromatic N) is 1. The van der Waals surface area contributed by atoms with Crippen LogP contribution < -0.4 is 0 Å². The Labute approximate surface area is 155 Å². The van der Waals surface area contributed by atoms with Gasteiger partial charge < -0.3 is 20.4 Å². The molecule has 0 amide bonds. The van der Waals surface area contributed by atoms with Crippen molar-refractivity contribution in [1.29, 1.82) is 0 Å². The number of hydrogen-bond donors (Lipinski definition) is 4. The Kier molecular flexibility index (Phi) is 7.75. The van der Waals surface area contributed by atoms with E-state index >= 15 is 0 Å². The quantitative estimate of drug-likeness (QED) is 0.550. The normalized spacial score (nSPS) is 16.3. The smallest absolute Gasteiger partial charge is 0.0942 e. The standard InChI is InChI=1S/C21H29NO4/c1-15(21(26)18-6-4-3-5-7-18)22(2)13-19(24)12-20(25)17-10-8-16(14-23)9-11-17/h3-11,15,19-21,23-26H,12-14H2,1-2H3/t15-,19-,20+,21-/m0/s1. The average molecular weight is 359 g/mol. The minimum absolute atomic E-state index is 0.0363. The SMILES string of the molecule is C[C@@H]([C@H](O)c1ccccc1)N(C)C[C@@H](O)C[C@@H](O)c1ccc(CO)cc1. The summed E-state index contributed by atoms with van der Waals surface area (Å²) in [5.41, 5.74) is 2.33. The Morgan fingerprint density at radius 3 is 2.08 bits per heavy atom. The summed E-state index contributed by atoms with van der Waals surface area (Å²) in [5.74, 6) is 0. The first-order chi connectivity index (χ1) is 12.4. The topological polar surface area (TPSA) is 84.2 Å². The van der Waals surface area contributed by atoms with Gasteiger partial charge in [-0.3, -0.25) is 4.90 Å². The molecule has 142 valence electrons. The minimum atomic E-state index is -0.777. The van der Waals surface area contributed by atoms with Crippen molar-refractivity contribution in [2.75, 3.05) is 13.6 Å². The Hall–Kier alpha value is -1.76.